The largest absolute Gasteiger partial charge is 0.492 e. The molecule has 1 aromatic heterocycles. The molecule has 1 fully saturated rings. The zero-order chi connectivity index (χ0) is 24.1. The molecular formula is C26H31N3O5. The van der Waals surface area contributed by atoms with Crippen LogP contribution in [0.5, 0.6) is 5.75 Å². The summed E-state index contributed by atoms with van der Waals surface area (Å²) < 4.78 is 18.1. The molecule has 1 aliphatic heterocycles. The number of nitrogens with one attached hydrogen (secondary N) is 1. The molecule has 0 spiro atoms. The predicted octanol–water partition coefficient (Wildman–Crippen LogP) is 4.39. The molecule has 0 saturated carbocycles. The van der Waals surface area contributed by atoms with Gasteiger partial charge in [-0.25, -0.2) is 9.36 Å². The Labute approximate surface area is 199 Å². The first-order valence-corrected chi connectivity index (χ1v) is 11.5. The van der Waals surface area contributed by atoms with Gasteiger partial charge in [-0.1, -0.05) is 24.3 Å². The van der Waals surface area contributed by atoms with Crippen LogP contribution in [0.25, 0.3) is 10.8 Å². The predicted molar refractivity (Wildman–Crippen MR) is 131 cm³/mol. The number of aromatic nitrogens is 1. The summed E-state index contributed by atoms with van der Waals surface area (Å²) in [5.41, 5.74) is 0.172. The van der Waals surface area contributed by atoms with Gasteiger partial charge in [0.25, 0.3) is 5.91 Å². The first-order chi connectivity index (χ1) is 16.3. The van der Waals surface area contributed by atoms with Crippen LogP contribution in [-0.2, 0) is 9.47 Å². The van der Waals surface area contributed by atoms with Crippen molar-refractivity contribution < 1.29 is 23.8 Å². The van der Waals surface area contributed by atoms with Gasteiger partial charge in [0.2, 0.25) is 0 Å². The third-order valence-corrected chi connectivity index (χ3v) is 5.47. The molecule has 180 valence electrons. The van der Waals surface area contributed by atoms with Gasteiger partial charge in [0.1, 0.15) is 23.7 Å². The second-order valence-electron chi connectivity index (χ2n) is 9.16. The Morgan fingerprint density at radius 1 is 1.00 bits per heavy atom. The lowest BCUT2D eigenvalue weighted by molar-refractivity contribution is 0.0323. The molecular weight excluding hydrogens is 434 g/mol. The number of carbonyl (C=O) groups is 2. The number of benzene rings is 2. The van der Waals surface area contributed by atoms with E-state index in [4.69, 9.17) is 14.2 Å². The summed E-state index contributed by atoms with van der Waals surface area (Å²) >= 11 is 0. The molecule has 0 atom stereocenters. The van der Waals surface area contributed by atoms with E-state index in [0.717, 1.165) is 49.4 Å². The standard InChI is InChI=1S/C26H31N3O5/c1-26(2,3)34-25(31)29-12-6-9-22(29)24(30)27-21-10-11-23(20-8-5-4-7-19(20)21)33-18-15-28-13-16-32-17-14-28/h4-12H,13-18H2,1-3H3,(H,27,30). The minimum absolute atomic E-state index is 0.198. The Morgan fingerprint density at radius 2 is 1.74 bits per heavy atom. The molecule has 0 unspecified atom stereocenters. The maximum absolute atomic E-state index is 13.1. The number of morpholine rings is 1. The molecule has 1 N–H and O–H groups in total. The molecule has 0 radical (unpaired) electrons. The van der Waals surface area contributed by atoms with E-state index in [1.807, 2.05) is 36.4 Å². The van der Waals surface area contributed by atoms with Gasteiger partial charge < -0.3 is 19.5 Å². The fourth-order valence-corrected chi connectivity index (χ4v) is 3.84. The van der Waals surface area contributed by atoms with Gasteiger partial charge in [-0.15, -0.1) is 0 Å². The summed E-state index contributed by atoms with van der Waals surface area (Å²) in [4.78, 5) is 27.9. The normalized spacial score (nSPS) is 14.7. The van der Waals surface area contributed by atoms with Crippen LogP contribution in [-0.4, -0.2) is 66.5 Å². The number of hydrogen-bond acceptors (Lipinski definition) is 6. The monoisotopic (exact) mass is 465 g/mol. The summed E-state index contributed by atoms with van der Waals surface area (Å²) in [5.74, 6) is 0.362. The van der Waals surface area contributed by atoms with Crippen molar-refractivity contribution in [3.63, 3.8) is 0 Å². The Kier molecular flexibility index (Phi) is 7.19. The first kappa shape index (κ1) is 23.8. The highest BCUT2D eigenvalue weighted by Gasteiger charge is 2.22. The third-order valence-electron chi connectivity index (χ3n) is 5.47. The minimum atomic E-state index is -0.664. The van der Waals surface area contributed by atoms with Gasteiger partial charge in [-0.05, 0) is 45.0 Å². The van der Waals surface area contributed by atoms with Crippen LogP contribution in [0.3, 0.4) is 0 Å². The van der Waals surface area contributed by atoms with Crippen molar-refractivity contribution in [1.82, 2.24) is 9.47 Å². The smallest absolute Gasteiger partial charge is 0.419 e. The van der Waals surface area contributed by atoms with Gasteiger partial charge in [-0.2, -0.15) is 0 Å². The lowest BCUT2D eigenvalue weighted by atomic mass is 10.1. The van der Waals surface area contributed by atoms with E-state index in [2.05, 4.69) is 10.2 Å². The average molecular weight is 466 g/mol. The SMILES string of the molecule is CC(C)(C)OC(=O)n1cccc1C(=O)Nc1ccc(OCCN2CCOCC2)c2ccccc12. The van der Waals surface area contributed by atoms with Crippen molar-refractivity contribution in [3.8, 4) is 5.75 Å². The number of hydrogen-bond donors (Lipinski definition) is 1. The maximum Gasteiger partial charge on any atom is 0.419 e. The van der Waals surface area contributed by atoms with Crippen LogP contribution < -0.4 is 10.1 Å². The second kappa shape index (κ2) is 10.3. The number of fused-ring (bicyclic) bond motifs is 1. The highest BCUT2D eigenvalue weighted by Crippen LogP contribution is 2.32. The molecule has 0 aliphatic carbocycles. The fourth-order valence-electron chi connectivity index (χ4n) is 3.84. The molecule has 4 rings (SSSR count). The van der Waals surface area contributed by atoms with Gasteiger partial charge in [0, 0.05) is 42.3 Å². The van der Waals surface area contributed by atoms with E-state index in [0.29, 0.717) is 12.3 Å². The molecule has 34 heavy (non-hydrogen) atoms. The highest BCUT2D eigenvalue weighted by molar-refractivity contribution is 6.10. The first-order valence-electron chi connectivity index (χ1n) is 11.5. The van der Waals surface area contributed by atoms with E-state index in [1.165, 1.54) is 10.8 Å². The topological polar surface area (TPSA) is 82.0 Å². The number of amides is 1. The van der Waals surface area contributed by atoms with Gasteiger partial charge in [0.05, 0.1) is 13.2 Å². The average Bonchev–Trinajstić information content (AvgIpc) is 3.30. The summed E-state index contributed by atoms with van der Waals surface area (Å²) in [6.07, 6.45) is 0.920. The number of carbonyl (C=O) groups excluding carboxylic acids is 2. The van der Waals surface area contributed by atoms with Crippen LogP contribution in [0.15, 0.2) is 54.7 Å². The number of anilines is 1. The van der Waals surface area contributed by atoms with Crippen LogP contribution in [0.2, 0.25) is 0 Å². The Bertz CT molecular complexity index is 1160. The van der Waals surface area contributed by atoms with E-state index in [1.54, 1.807) is 32.9 Å². The zero-order valence-corrected chi connectivity index (χ0v) is 19.9. The Balaban J connectivity index is 1.49. The number of ether oxygens (including phenoxy) is 3. The van der Waals surface area contributed by atoms with Crippen molar-refractivity contribution in [2.45, 2.75) is 26.4 Å². The summed E-state index contributed by atoms with van der Waals surface area (Å²) in [7, 11) is 0. The lowest BCUT2D eigenvalue weighted by Crippen LogP contribution is -2.38. The van der Waals surface area contributed by atoms with Crippen molar-refractivity contribution in [2.24, 2.45) is 0 Å². The molecule has 2 aromatic carbocycles. The van der Waals surface area contributed by atoms with Crippen molar-refractivity contribution in [3.05, 3.63) is 60.4 Å². The number of nitrogens with zero attached hydrogens (tertiary/aromatic N) is 2. The third kappa shape index (κ3) is 5.76. The Hall–Kier alpha value is -3.36. The molecule has 8 heteroatoms. The van der Waals surface area contributed by atoms with E-state index in [9.17, 15) is 9.59 Å². The van der Waals surface area contributed by atoms with Gasteiger partial charge >= 0.3 is 6.09 Å². The fraction of sp³-hybridized carbons (Fsp3) is 0.385. The van der Waals surface area contributed by atoms with E-state index in [-0.39, 0.29) is 5.69 Å². The molecule has 0 bridgehead atoms. The van der Waals surface area contributed by atoms with Crippen molar-refractivity contribution in [1.29, 1.82) is 0 Å². The Morgan fingerprint density at radius 3 is 2.47 bits per heavy atom. The molecule has 1 amide bonds. The lowest BCUT2D eigenvalue weighted by Gasteiger charge is -2.26. The van der Waals surface area contributed by atoms with Crippen LogP contribution >= 0.6 is 0 Å². The highest BCUT2D eigenvalue weighted by atomic mass is 16.6. The zero-order valence-electron chi connectivity index (χ0n) is 19.9. The maximum atomic E-state index is 13.1. The summed E-state index contributed by atoms with van der Waals surface area (Å²) in [6.45, 7) is 10.1. The van der Waals surface area contributed by atoms with Crippen molar-refractivity contribution >= 4 is 28.5 Å². The van der Waals surface area contributed by atoms with Crippen LogP contribution in [0.1, 0.15) is 31.3 Å². The molecule has 1 aliphatic rings. The molecule has 3 aromatic rings. The summed E-state index contributed by atoms with van der Waals surface area (Å²) in [5, 5.41) is 4.70. The van der Waals surface area contributed by atoms with Crippen LogP contribution in [0, 0.1) is 0 Å². The van der Waals surface area contributed by atoms with Crippen LogP contribution in [0.4, 0.5) is 10.5 Å². The van der Waals surface area contributed by atoms with E-state index >= 15 is 0 Å². The summed E-state index contributed by atoms with van der Waals surface area (Å²) in [6, 6.07) is 14.7. The number of rotatable bonds is 6. The molecule has 1 saturated heterocycles. The molecule has 2 heterocycles. The second-order valence-corrected chi connectivity index (χ2v) is 9.16. The quantitative estimate of drug-likeness (QED) is 0.582. The van der Waals surface area contributed by atoms with E-state index < -0.39 is 17.6 Å². The van der Waals surface area contributed by atoms with Gasteiger partial charge in [-0.3, -0.25) is 9.69 Å². The van der Waals surface area contributed by atoms with Crippen molar-refractivity contribution in [2.75, 3.05) is 44.8 Å². The molecule has 8 nitrogen and oxygen atoms in total. The minimum Gasteiger partial charge on any atom is -0.492 e. The van der Waals surface area contributed by atoms with Gasteiger partial charge in [0.15, 0.2) is 0 Å².